The average molecular weight is 677 g/mol. The van der Waals surface area contributed by atoms with Crippen molar-refractivity contribution >= 4 is 62.9 Å². The van der Waals surface area contributed by atoms with Crippen LogP contribution < -0.4 is 16.0 Å². The van der Waals surface area contributed by atoms with E-state index in [2.05, 4.69) is 31.9 Å². The number of aryl methyl sites for hydroxylation is 1. The number of hydrogen-bond donors (Lipinski definition) is 3. The number of carbonyl (C=O) groups is 3. The molecule has 0 aliphatic heterocycles. The molecule has 8 heteroatoms. The summed E-state index contributed by atoms with van der Waals surface area (Å²) in [5.41, 5.74) is 4.46. The summed E-state index contributed by atoms with van der Waals surface area (Å²) < 4.78 is 0.929. The number of thioether (sulfide) groups is 1. The van der Waals surface area contributed by atoms with Crippen molar-refractivity contribution in [2.45, 2.75) is 17.1 Å². The van der Waals surface area contributed by atoms with Gasteiger partial charge in [0.05, 0.1) is 0 Å². The summed E-state index contributed by atoms with van der Waals surface area (Å²) in [6, 6.07) is 40.7. The molecule has 0 aliphatic carbocycles. The fraction of sp³-hybridized carbons (Fsp3) is 0.0541. The zero-order valence-corrected chi connectivity index (χ0v) is 26.8. The Kier molecular flexibility index (Phi) is 10.6. The van der Waals surface area contributed by atoms with E-state index < -0.39 is 11.2 Å². The quantitative estimate of drug-likeness (QED) is 0.102. The lowest BCUT2D eigenvalue weighted by Gasteiger charge is -2.17. The number of rotatable bonds is 10. The molecule has 3 N–H and O–H groups in total. The maximum absolute atomic E-state index is 13.5. The van der Waals surface area contributed by atoms with E-state index in [1.807, 2.05) is 104 Å². The molecule has 0 saturated heterocycles. The first-order valence-corrected chi connectivity index (χ1v) is 15.9. The van der Waals surface area contributed by atoms with Gasteiger partial charge in [0.25, 0.3) is 11.8 Å². The zero-order chi connectivity index (χ0) is 31.6. The minimum Gasteiger partial charge on any atom is -0.325 e. The molecule has 0 saturated carbocycles. The molecule has 45 heavy (non-hydrogen) atoms. The fourth-order valence-corrected chi connectivity index (χ4v) is 5.73. The molecule has 0 radical (unpaired) electrons. The van der Waals surface area contributed by atoms with Crippen molar-refractivity contribution < 1.29 is 14.4 Å². The Balaban J connectivity index is 1.33. The second-order valence-electron chi connectivity index (χ2n) is 10.1. The molecule has 0 aliphatic rings. The Morgan fingerprint density at radius 1 is 0.689 bits per heavy atom. The highest BCUT2D eigenvalue weighted by molar-refractivity contribution is 9.10. The van der Waals surface area contributed by atoms with Crippen molar-refractivity contribution in [1.82, 2.24) is 5.32 Å². The van der Waals surface area contributed by atoms with Gasteiger partial charge in [-0.15, -0.1) is 11.8 Å². The minimum absolute atomic E-state index is 0.116. The number of anilines is 2. The van der Waals surface area contributed by atoms with E-state index in [0.29, 0.717) is 16.9 Å². The average Bonchev–Trinajstić information content (AvgIpc) is 3.06. The molecule has 1 unspecified atom stereocenters. The first kappa shape index (κ1) is 31.5. The Hall–Kier alpha value is -4.92. The van der Waals surface area contributed by atoms with Crippen LogP contribution in [0.1, 0.15) is 32.3 Å². The van der Waals surface area contributed by atoms with Crippen LogP contribution in [0.2, 0.25) is 0 Å². The van der Waals surface area contributed by atoms with Gasteiger partial charge >= 0.3 is 0 Å². The van der Waals surface area contributed by atoms with Crippen molar-refractivity contribution in [1.29, 1.82) is 0 Å². The molecule has 0 bridgehead atoms. The Bertz CT molecular complexity index is 1810. The molecule has 1 atom stereocenters. The van der Waals surface area contributed by atoms with Gasteiger partial charge < -0.3 is 16.0 Å². The van der Waals surface area contributed by atoms with Gasteiger partial charge in [0, 0.05) is 26.3 Å². The number of carbonyl (C=O) groups excluding carboxylic acids is 3. The maximum atomic E-state index is 13.5. The summed E-state index contributed by atoms with van der Waals surface area (Å²) in [6.45, 7) is 1.94. The lowest BCUT2D eigenvalue weighted by Crippen LogP contribution is -2.30. The van der Waals surface area contributed by atoms with Crippen molar-refractivity contribution in [3.05, 3.63) is 166 Å². The molecule has 0 aromatic heterocycles. The molecule has 0 heterocycles. The smallest absolute Gasteiger partial charge is 0.272 e. The highest BCUT2D eigenvalue weighted by Crippen LogP contribution is 2.37. The summed E-state index contributed by atoms with van der Waals surface area (Å²) in [5.74, 6) is -0.990. The second kappa shape index (κ2) is 15.2. The van der Waals surface area contributed by atoms with E-state index in [0.717, 1.165) is 26.1 Å². The summed E-state index contributed by atoms with van der Waals surface area (Å²) in [7, 11) is 0. The predicted octanol–water partition coefficient (Wildman–Crippen LogP) is 8.64. The van der Waals surface area contributed by atoms with Gasteiger partial charge in [0.2, 0.25) is 5.91 Å². The van der Waals surface area contributed by atoms with Gasteiger partial charge in [-0.05, 0) is 90.4 Å². The predicted molar refractivity (Wildman–Crippen MR) is 186 cm³/mol. The second-order valence-corrected chi connectivity index (χ2v) is 12.2. The molecule has 5 rings (SSSR count). The first-order valence-electron chi connectivity index (χ1n) is 14.2. The summed E-state index contributed by atoms with van der Waals surface area (Å²) >= 11 is 4.84. The van der Waals surface area contributed by atoms with Crippen LogP contribution in [0.25, 0.3) is 6.08 Å². The van der Waals surface area contributed by atoms with Gasteiger partial charge in [-0.1, -0.05) is 88.7 Å². The highest BCUT2D eigenvalue weighted by Gasteiger charge is 2.22. The molecular weight excluding hydrogens is 646 g/mol. The SMILES string of the molecule is Cc1ccccc1/C=C(\NC(=O)c1ccccc1)C(=O)Nc1ccc(SC(C(=O)Nc2ccc(Br)cc2)c2ccccc2)cc1. The van der Waals surface area contributed by atoms with Crippen molar-refractivity contribution in [3.63, 3.8) is 0 Å². The van der Waals surface area contributed by atoms with Crippen LogP contribution in [0, 0.1) is 6.92 Å². The minimum atomic E-state index is -0.507. The monoisotopic (exact) mass is 675 g/mol. The first-order chi connectivity index (χ1) is 21.9. The highest BCUT2D eigenvalue weighted by atomic mass is 79.9. The number of benzene rings is 5. The Labute approximate surface area is 275 Å². The van der Waals surface area contributed by atoms with Crippen LogP contribution >= 0.6 is 27.7 Å². The maximum Gasteiger partial charge on any atom is 0.272 e. The van der Waals surface area contributed by atoms with Gasteiger partial charge in [-0.25, -0.2) is 0 Å². The Morgan fingerprint density at radius 2 is 1.27 bits per heavy atom. The number of hydrogen-bond acceptors (Lipinski definition) is 4. The van der Waals surface area contributed by atoms with E-state index in [4.69, 9.17) is 0 Å². The van der Waals surface area contributed by atoms with E-state index in [1.165, 1.54) is 11.8 Å². The van der Waals surface area contributed by atoms with Gasteiger partial charge in [-0.2, -0.15) is 0 Å². The summed E-state index contributed by atoms with van der Waals surface area (Å²) in [4.78, 5) is 40.7. The molecule has 3 amide bonds. The number of nitrogens with one attached hydrogen (secondary N) is 3. The van der Waals surface area contributed by atoms with Crippen molar-refractivity contribution in [2.24, 2.45) is 0 Å². The molecular formula is C37H30BrN3O3S. The van der Waals surface area contributed by atoms with Gasteiger partial charge in [0.15, 0.2) is 0 Å². The topological polar surface area (TPSA) is 87.3 Å². The van der Waals surface area contributed by atoms with E-state index in [9.17, 15) is 14.4 Å². The van der Waals surface area contributed by atoms with Crippen LogP contribution in [0.3, 0.4) is 0 Å². The normalized spacial score (nSPS) is 11.7. The third-order valence-electron chi connectivity index (χ3n) is 6.84. The molecule has 224 valence electrons. The van der Waals surface area contributed by atoms with Crippen LogP contribution in [0.4, 0.5) is 11.4 Å². The molecule has 0 fully saturated rings. The molecule has 5 aromatic carbocycles. The van der Waals surface area contributed by atoms with Crippen LogP contribution in [-0.2, 0) is 9.59 Å². The summed E-state index contributed by atoms with van der Waals surface area (Å²) in [5, 5.41) is 8.18. The number of amides is 3. The fourth-order valence-electron chi connectivity index (χ4n) is 4.44. The molecule has 6 nitrogen and oxygen atoms in total. The van der Waals surface area contributed by atoms with Gasteiger partial charge in [0.1, 0.15) is 10.9 Å². The van der Waals surface area contributed by atoms with Crippen LogP contribution in [0.5, 0.6) is 0 Å². The molecule has 0 spiro atoms. The van der Waals surface area contributed by atoms with Crippen molar-refractivity contribution in [2.75, 3.05) is 10.6 Å². The zero-order valence-electron chi connectivity index (χ0n) is 24.4. The third-order valence-corrected chi connectivity index (χ3v) is 8.63. The summed E-state index contributed by atoms with van der Waals surface area (Å²) in [6.07, 6.45) is 1.67. The van der Waals surface area contributed by atoms with E-state index in [1.54, 1.807) is 42.5 Å². The van der Waals surface area contributed by atoms with Crippen LogP contribution in [0.15, 0.2) is 149 Å². The standard InChI is InChI=1S/C37H30BrN3O3S/c1-25-10-8-9-15-28(25)24-33(41-35(42)27-13-6-3-7-14-27)36(43)39-31-20-22-32(23-21-31)45-34(26-11-4-2-5-12-26)37(44)40-30-18-16-29(38)17-19-30/h2-24,34H,1H3,(H,39,43)(H,40,44)(H,41,42)/b33-24-. The number of halogens is 1. The van der Waals surface area contributed by atoms with Crippen molar-refractivity contribution in [3.8, 4) is 0 Å². The van der Waals surface area contributed by atoms with Gasteiger partial charge in [-0.3, -0.25) is 14.4 Å². The largest absolute Gasteiger partial charge is 0.325 e. The van der Waals surface area contributed by atoms with E-state index in [-0.39, 0.29) is 17.5 Å². The van der Waals surface area contributed by atoms with E-state index >= 15 is 0 Å². The lowest BCUT2D eigenvalue weighted by atomic mass is 10.1. The lowest BCUT2D eigenvalue weighted by molar-refractivity contribution is -0.116. The molecule has 5 aromatic rings. The third kappa shape index (κ3) is 8.81. The van der Waals surface area contributed by atoms with Crippen LogP contribution in [-0.4, -0.2) is 17.7 Å². The Morgan fingerprint density at radius 3 is 1.93 bits per heavy atom.